The molecule has 62 heavy (non-hydrogen) atoms. The van der Waals surface area contributed by atoms with Gasteiger partial charge in [0.1, 0.15) is 0 Å². The molecular weight excluding hydrogens is 767 g/mol. The molecule has 0 aliphatic heterocycles. The van der Waals surface area contributed by atoms with Gasteiger partial charge in [-0.15, -0.1) is 11.3 Å². The summed E-state index contributed by atoms with van der Waals surface area (Å²) in [5, 5.41) is 8.22. The van der Waals surface area contributed by atoms with Crippen LogP contribution in [-0.4, -0.2) is 0 Å². The molecule has 0 saturated heterocycles. The quantitative estimate of drug-likeness (QED) is 0.157. The zero-order valence-electron chi connectivity index (χ0n) is 34.4. The van der Waals surface area contributed by atoms with Crippen LogP contribution in [0.1, 0.15) is 47.6 Å². The van der Waals surface area contributed by atoms with Crippen LogP contribution in [0.4, 0.5) is 17.1 Å². The molecule has 0 bridgehead atoms. The average molecular weight is 806 g/mol. The topological polar surface area (TPSA) is 3.24 Å². The second-order valence-corrected chi connectivity index (χ2v) is 19.0. The fraction of sp³-hybridized carbons (Fsp3) is 0.0667. The Morgan fingerprint density at radius 1 is 0.435 bits per heavy atom. The molecule has 1 heterocycles. The van der Waals surface area contributed by atoms with Crippen LogP contribution in [0, 0.1) is 0 Å². The fourth-order valence-electron chi connectivity index (χ4n) is 11.6. The number of hydrogen-bond donors (Lipinski definition) is 0. The summed E-state index contributed by atoms with van der Waals surface area (Å²) < 4.78 is 2.61. The van der Waals surface area contributed by atoms with Crippen LogP contribution in [0.3, 0.4) is 0 Å². The standard InChI is InChI=1S/C60H39NS/c1-60(2)50-21-11-10-16-42(50)49-20-12-22-51(59(49)60)61(38-26-23-36(24-27-38)35-13-4-3-5-14-35)39-28-30-44-43-29-25-37(33-52(43)62-53(44)34-39)40-31-32-48-41-15-6-7-17-45(41)56-57-47-19-9-8-18-46(47)54(40)55(48)58(56)57/h3-34,57H,1-2H3. The molecular formula is C60H39NS. The second kappa shape index (κ2) is 12.4. The minimum atomic E-state index is -0.165. The Morgan fingerprint density at radius 2 is 1.08 bits per heavy atom. The van der Waals surface area contributed by atoms with Gasteiger partial charge in [-0.3, -0.25) is 0 Å². The number of benzene rings is 10. The lowest BCUT2D eigenvalue weighted by Gasteiger charge is -2.32. The molecule has 1 nitrogen and oxygen atoms in total. The lowest BCUT2D eigenvalue weighted by atomic mass is 9.81. The van der Waals surface area contributed by atoms with E-state index < -0.39 is 0 Å². The first kappa shape index (κ1) is 34.5. The van der Waals surface area contributed by atoms with Gasteiger partial charge in [0.05, 0.1) is 5.69 Å². The van der Waals surface area contributed by atoms with Gasteiger partial charge in [0.25, 0.3) is 0 Å². The first-order valence-electron chi connectivity index (χ1n) is 21.8. The van der Waals surface area contributed by atoms with Crippen molar-refractivity contribution in [1.29, 1.82) is 0 Å². The minimum absolute atomic E-state index is 0.165. The van der Waals surface area contributed by atoms with Gasteiger partial charge in [-0.2, -0.15) is 0 Å². The maximum Gasteiger partial charge on any atom is 0.0508 e. The van der Waals surface area contributed by atoms with Crippen LogP contribution in [0.25, 0.3) is 86.2 Å². The van der Waals surface area contributed by atoms with Gasteiger partial charge in [-0.25, -0.2) is 0 Å². The van der Waals surface area contributed by atoms with Crippen molar-refractivity contribution in [3.8, 4) is 44.5 Å². The maximum atomic E-state index is 2.50. The van der Waals surface area contributed by atoms with Crippen LogP contribution in [0.5, 0.6) is 0 Å². The molecule has 0 N–H and O–H groups in total. The summed E-state index contributed by atoms with van der Waals surface area (Å²) in [6, 6.07) is 72.9. The number of rotatable bonds is 5. The third-order valence-electron chi connectivity index (χ3n) is 14.4. The van der Waals surface area contributed by atoms with E-state index >= 15 is 0 Å². The van der Waals surface area contributed by atoms with Crippen molar-refractivity contribution in [3.63, 3.8) is 0 Å². The monoisotopic (exact) mass is 805 g/mol. The largest absolute Gasteiger partial charge is 0.310 e. The summed E-state index contributed by atoms with van der Waals surface area (Å²) in [4.78, 5) is 2.50. The molecule has 14 rings (SSSR count). The third-order valence-corrected chi connectivity index (χ3v) is 15.5. The highest BCUT2D eigenvalue weighted by Gasteiger charge is 2.44. The van der Waals surface area contributed by atoms with E-state index in [1.807, 2.05) is 11.3 Å². The average Bonchev–Trinajstić information content (AvgIpc) is 3.91. The van der Waals surface area contributed by atoms with Crippen LogP contribution in [-0.2, 0) is 5.41 Å². The SMILES string of the molecule is CC1(C)c2ccccc2-c2cccc(N(c3ccc(-c4ccccc4)cc3)c3ccc4c(c3)sc3cc(-c5ccc6c7c5-c5ccccc5C5c(c75)c5ccccc56)ccc34)c21. The van der Waals surface area contributed by atoms with Gasteiger partial charge in [-0.05, 0) is 130 Å². The van der Waals surface area contributed by atoms with E-state index in [2.05, 4.69) is 213 Å². The first-order valence-corrected chi connectivity index (χ1v) is 22.6. The van der Waals surface area contributed by atoms with E-state index in [0.29, 0.717) is 5.92 Å². The van der Waals surface area contributed by atoms with Gasteiger partial charge >= 0.3 is 0 Å². The second-order valence-electron chi connectivity index (χ2n) is 17.9. The maximum absolute atomic E-state index is 2.50. The molecule has 2 heteroatoms. The molecule has 0 saturated carbocycles. The summed E-state index contributed by atoms with van der Waals surface area (Å²) in [6.07, 6.45) is 0. The number of nitrogens with zero attached hydrogens (tertiary/aromatic N) is 1. The Morgan fingerprint density at radius 3 is 1.94 bits per heavy atom. The van der Waals surface area contributed by atoms with Gasteiger partial charge in [-0.1, -0.05) is 172 Å². The number of thiophene rings is 1. The Balaban J connectivity index is 0.936. The van der Waals surface area contributed by atoms with Crippen molar-refractivity contribution in [3.05, 3.63) is 222 Å². The van der Waals surface area contributed by atoms with Crippen LogP contribution in [0.2, 0.25) is 0 Å². The van der Waals surface area contributed by atoms with E-state index in [-0.39, 0.29) is 5.41 Å². The predicted octanol–water partition coefficient (Wildman–Crippen LogP) is 16.9. The lowest BCUT2D eigenvalue weighted by Crippen LogP contribution is -2.20. The molecule has 1 unspecified atom stereocenters. The highest BCUT2D eigenvalue weighted by atomic mass is 32.1. The minimum Gasteiger partial charge on any atom is -0.310 e. The summed E-state index contributed by atoms with van der Waals surface area (Å²) in [5.41, 5.74) is 21.1. The molecule has 0 amide bonds. The molecule has 3 aliphatic rings. The lowest BCUT2D eigenvalue weighted by molar-refractivity contribution is 0.661. The first-order chi connectivity index (χ1) is 30.5. The highest BCUT2D eigenvalue weighted by Crippen LogP contribution is 2.64. The van der Waals surface area contributed by atoms with Crippen molar-refractivity contribution in [2.75, 3.05) is 4.90 Å². The molecule has 0 radical (unpaired) electrons. The van der Waals surface area contributed by atoms with Gasteiger partial charge in [0, 0.05) is 42.9 Å². The van der Waals surface area contributed by atoms with Gasteiger partial charge in [0.2, 0.25) is 0 Å². The number of anilines is 3. The molecule has 290 valence electrons. The molecule has 0 spiro atoms. The zero-order valence-corrected chi connectivity index (χ0v) is 35.2. The van der Waals surface area contributed by atoms with E-state index in [9.17, 15) is 0 Å². The van der Waals surface area contributed by atoms with Crippen molar-refractivity contribution >= 4 is 70.1 Å². The van der Waals surface area contributed by atoms with Crippen molar-refractivity contribution in [1.82, 2.24) is 0 Å². The normalized spacial score (nSPS) is 14.9. The van der Waals surface area contributed by atoms with Crippen molar-refractivity contribution < 1.29 is 0 Å². The van der Waals surface area contributed by atoms with Crippen molar-refractivity contribution in [2.24, 2.45) is 0 Å². The van der Waals surface area contributed by atoms with Gasteiger partial charge in [0.15, 0.2) is 0 Å². The highest BCUT2D eigenvalue weighted by molar-refractivity contribution is 7.25. The number of fused-ring (bicyclic) bond motifs is 13. The van der Waals surface area contributed by atoms with E-state index in [4.69, 9.17) is 0 Å². The van der Waals surface area contributed by atoms with Crippen LogP contribution >= 0.6 is 11.3 Å². The van der Waals surface area contributed by atoms with Crippen LogP contribution in [0.15, 0.2) is 194 Å². The zero-order chi connectivity index (χ0) is 40.8. The fourth-order valence-corrected chi connectivity index (χ4v) is 12.8. The summed E-state index contributed by atoms with van der Waals surface area (Å²) in [5.74, 6) is 0.412. The van der Waals surface area contributed by atoms with Gasteiger partial charge < -0.3 is 4.90 Å². The van der Waals surface area contributed by atoms with Crippen molar-refractivity contribution in [2.45, 2.75) is 25.2 Å². The summed E-state index contributed by atoms with van der Waals surface area (Å²) in [6.45, 7) is 4.77. The third kappa shape index (κ3) is 4.62. The summed E-state index contributed by atoms with van der Waals surface area (Å²) in [7, 11) is 0. The smallest absolute Gasteiger partial charge is 0.0508 e. The Labute approximate surface area is 364 Å². The van der Waals surface area contributed by atoms with E-state index in [1.54, 1.807) is 5.56 Å². The molecule has 1 aromatic heterocycles. The molecule has 1 atom stereocenters. The van der Waals surface area contributed by atoms with E-state index in [0.717, 1.165) is 11.4 Å². The predicted molar refractivity (Wildman–Crippen MR) is 264 cm³/mol. The molecule has 11 aromatic rings. The molecule has 10 aromatic carbocycles. The number of hydrogen-bond acceptors (Lipinski definition) is 2. The molecule has 0 fully saturated rings. The Bertz CT molecular complexity index is 3720. The Kier molecular flexibility index (Phi) is 6.90. The Hall–Kier alpha value is -7.26. The van der Waals surface area contributed by atoms with E-state index in [1.165, 1.54) is 114 Å². The van der Waals surface area contributed by atoms with Crippen LogP contribution < -0.4 is 4.90 Å². The summed E-state index contributed by atoms with van der Waals surface area (Å²) >= 11 is 1.91. The molecule has 3 aliphatic carbocycles.